The van der Waals surface area contributed by atoms with Crippen LogP contribution in [0.15, 0.2) is 36.5 Å². The molecule has 0 bridgehead atoms. The molecule has 3 heteroatoms. The number of para-hydroxylation sites is 1. The maximum Gasteiger partial charge on any atom is 0.0766 e. The highest BCUT2D eigenvalue weighted by molar-refractivity contribution is 5.39. The van der Waals surface area contributed by atoms with Crippen LogP contribution in [-0.4, -0.2) is 16.3 Å². The van der Waals surface area contributed by atoms with Gasteiger partial charge >= 0.3 is 0 Å². The summed E-state index contributed by atoms with van der Waals surface area (Å²) in [6.07, 6.45) is 3.17. The molecule has 0 aliphatic rings. The Morgan fingerprint density at radius 3 is 2.82 bits per heavy atom. The lowest BCUT2D eigenvalue weighted by molar-refractivity contribution is 0.656. The normalized spacial score (nSPS) is 10.7. The SMILES string of the molecule is CCCNCc1ccn(-c2ccccc2C)n1. The number of rotatable bonds is 5. The number of nitrogens with one attached hydrogen (secondary N) is 1. The van der Waals surface area contributed by atoms with Crippen LogP contribution in [0, 0.1) is 6.92 Å². The molecule has 0 radical (unpaired) electrons. The van der Waals surface area contributed by atoms with Crippen LogP contribution in [0.4, 0.5) is 0 Å². The molecule has 1 aromatic carbocycles. The van der Waals surface area contributed by atoms with E-state index in [0.717, 1.165) is 30.9 Å². The highest BCUT2D eigenvalue weighted by Gasteiger charge is 2.02. The summed E-state index contributed by atoms with van der Waals surface area (Å²) < 4.78 is 1.94. The molecule has 2 rings (SSSR count). The average molecular weight is 229 g/mol. The topological polar surface area (TPSA) is 29.9 Å². The highest BCUT2D eigenvalue weighted by atomic mass is 15.3. The van der Waals surface area contributed by atoms with Gasteiger partial charge in [0.15, 0.2) is 0 Å². The molecule has 0 aliphatic heterocycles. The fourth-order valence-corrected chi connectivity index (χ4v) is 1.80. The second-order valence-corrected chi connectivity index (χ2v) is 4.21. The summed E-state index contributed by atoms with van der Waals surface area (Å²) in [4.78, 5) is 0. The Morgan fingerprint density at radius 2 is 2.06 bits per heavy atom. The maximum absolute atomic E-state index is 4.57. The van der Waals surface area contributed by atoms with E-state index in [2.05, 4.69) is 42.5 Å². The first kappa shape index (κ1) is 11.9. The van der Waals surface area contributed by atoms with Gasteiger partial charge in [-0.2, -0.15) is 5.10 Å². The molecule has 0 saturated heterocycles. The van der Waals surface area contributed by atoms with Crippen LogP contribution in [0.1, 0.15) is 24.6 Å². The summed E-state index contributed by atoms with van der Waals surface area (Å²) in [5.74, 6) is 0. The minimum Gasteiger partial charge on any atom is -0.311 e. The van der Waals surface area contributed by atoms with E-state index in [1.165, 1.54) is 5.56 Å². The lowest BCUT2D eigenvalue weighted by atomic mass is 10.2. The lowest BCUT2D eigenvalue weighted by Gasteiger charge is -2.05. The van der Waals surface area contributed by atoms with Crippen molar-refractivity contribution in [1.82, 2.24) is 15.1 Å². The molecule has 0 fully saturated rings. The zero-order chi connectivity index (χ0) is 12.1. The second kappa shape index (κ2) is 5.64. The summed E-state index contributed by atoms with van der Waals surface area (Å²) in [5, 5.41) is 7.92. The van der Waals surface area contributed by atoms with Gasteiger partial charge in [0, 0.05) is 12.7 Å². The monoisotopic (exact) mass is 229 g/mol. The first-order valence-electron chi connectivity index (χ1n) is 6.12. The predicted octanol–water partition coefficient (Wildman–Crippen LogP) is 2.68. The van der Waals surface area contributed by atoms with Crippen molar-refractivity contribution < 1.29 is 0 Å². The largest absolute Gasteiger partial charge is 0.311 e. The van der Waals surface area contributed by atoms with E-state index < -0.39 is 0 Å². The van der Waals surface area contributed by atoms with Crippen LogP contribution in [0.3, 0.4) is 0 Å². The fourth-order valence-electron chi connectivity index (χ4n) is 1.80. The summed E-state index contributed by atoms with van der Waals surface area (Å²) in [5.41, 5.74) is 3.47. The smallest absolute Gasteiger partial charge is 0.0766 e. The standard InChI is InChI=1S/C14H19N3/c1-3-9-15-11-13-8-10-17(16-13)14-7-5-4-6-12(14)2/h4-8,10,15H,3,9,11H2,1-2H3. The molecule has 0 saturated carbocycles. The zero-order valence-corrected chi connectivity index (χ0v) is 10.5. The van der Waals surface area contributed by atoms with Crippen molar-refractivity contribution in [2.24, 2.45) is 0 Å². The molecule has 1 aromatic heterocycles. The van der Waals surface area contributed by atoms with Gasteiger partial charge in [0.2, 0.25) is 0 Å². The first-order valence-corrected chi connectivity index (χ1v) is 6.12. The van der Waals surface area contributed by atoms with E-state index in [-0.39, 0.29) is 0 Å². The molecular weight excluding hydrogens is 210 g/mol. The quantitative estimate of drug-likeness (QED) is 0.799. The number of benzene rings is 1. The third-order valence-electron chi connectivity index (χ3n) is 2.74. The maximum atomic E-state index is 4.57. The predicted molar refractivity (Wildman–Crippen MR) is 70.3 cm³/mol. The van der Waals surface area contributed by atoms with Gasteiger partial charge in [-0.05, 0) is 37.6 Å². The Labute approximate surface area is 102 Å². The van der Waals surface area contributed by atoms with Crippen LogP contribution in [0.5, 0.6) is 0 Å². The van der Waals surface area contributed by atoms with Crippen LogP contribution in [-0.2, 0) is 6.54 Å². The number of aromatic nitrogens is 2. The molecule has 0 spiro atoms. The zero-order valence-electron chi connectivity index (χ0n) is 10.5. The first-order chi connectivity index (χ1) is 8.31. The van der Waals surface area contributed by atoms with Crippen molar-refractivity contribution in [3.05, 3.63) is 47.8 Å². The third kappa shape index (κ3) is 2.94. The van der Waals surface area contributed by atoms with E-state index >= 15 is 0 Å². The molecule has 0 aliphatic carbocycles. The third-order valence-corrected chi connectivity index (χ3v) is 2.74. The molecule has 3 nitrogen and oxygen atoms in total. The number of hydrogen-bond acceptors (Lipinski definition) is 2. The minimum atomic E-state index is 0.840. The lowest BCUT2D eigenvalue weighted by Crippen LogP contribution is -2.14. The molecule has 1 heterocycles. The molecule has 0 amide bonds. The molecule has 2 aromatic rings. The van der Waals surface area contributed by atoms with E-state index in [1.54, 1.807) is 0 Å². The fraction of sp³-hybridized carbons (Fsp3) is 0.357. The summed E-state index contributed by atoms with van der Waals surface area (Å²) in [6, 6.07) is 10.3. The molecule has 0 unspecified atom stereocenters. The van der Waals surface area contributed by atoms with Gasteiger partial charge < -0.3 is 5.32 Å². The van der Waals surface area contributed by atoms with Crippen LogP contribution >= 0.6 is 0 Å². The van der Waals surface area contributed by atoms with Gasteiger partial charge in [-0.25, -0.2) is 4.68 Å². The molecule has 0 atom stereocenters. The van der Waals surface area contributed by atoms with Crippen molar-refractivity contribution in [2.75, 3.05) is 6.54 Å². The van der Waals surface area contributed by atoms with Crippen molar-refractivity contribution in [3.8, 4) is 5.69 Å². The number of aryl methyl sites for hydroxylation is 1. The molecular formula is C14H19N3. The molecule has 17 heavy (non-hydrogen) atoms. The van der Waals surface area contributed by atoms with Crippen molar-refractivity contribution >= 4 is 0 Å². The summed E-state index contributed by atoms with van der Waals surface area (Å²) in [6.45, 7) is 6.15. The Kier molecular flexibility index (Phi) is 3.94. The van der Waals surface area contributed by atoms with Crippen LogP contribution in [0.2, 0.25) is 0 Å². The van der Waals surface area contributed by atoms with Crippen molar-refractivity contribution in [1.29, 1.82) is 0 Å². The van der Waals surface area contributed by atoms with E-state index in [1.807, 2.05) is 23.0 Å². The van der Waals surface area contributed by atoms with Crippen molar-refractivity contribution in [3.63, 3.8) is 0 Å². The Balaban J connectivity index is 2.10. The summed E-state index contributed by atoms with van der Waals surface area (Å²) in [7, 11) is 0. The van der Waals surface area contributed by atoms with Gasteiger partial charge in [-0.3, -0.25) is 0 Å². The van der Waals surface area contributed by atoms with E-state index in [0.29, 0.717) is 0 Å². The number of nitrogens with zero attached hydrogens (tertiary/aromatic N) is 2. The van der Waals surface area contributed by atoms with Gasteiger partial charge in [-0.15, -0.1) is 0 Å². The Bertz CT molecular complexity index is 474. The van der Waals surface area contributed by atoms with Crippen LogP contribution in [0.25, 0.3) is 5.69 Å². The number of hydrogen-bond donors (Lipinski definition) is 1. The van der Waals surface area contributed by atoms with Gasteiger partial charge in [-0.1, -0.05) is 25.1 Å². The minimum absolute atomic E-state index is 0.840. The summed E-state index contributed by atoms with van der Waals surface area (Å²) >= 11 is 0. The van der Waals surface area contributed by atoms with Gasteiger partial charge in [0.1, 0.15) is 0 Å². The van der Waals surface area contributed by atoms with Gasteiger partial charge in [0.05, 0.1) is 11.4 Å². The van der Waals surface area contributed by atoms with Crippen LogP contribution < -0.4 is 5.32 Å². The second-order valence-electron chi connectivity index (χ2n) is 4.21. The van der Waals surface area contributed by atoms with E-state index in [4.69, 9.17) is 0 Å². The Morgan fingerprint density at radius 1 is 1.24 bits per heavy atom. The van der Waals surface area contributed by atoms with Gasteiger partial charge in [0.25, 0.3) is 0 Å². The molecule has 1 N–H and O–H groups in total. The Hall–Kier alpha value is -1.61. The molecule has 90 valence electrons. The van der Waals surface area contributed by atoms with E-state index in [9.17, 15) is 0 Å². The van der Waals surface area contributed by atoms with Crippen molar-refractivity contribution in [2.45, 2.75) is 26.8 Å². The average Bonchev–Trinajstić information content (AvgIpc) is 2.79. The highest BCUT2D eigenvalue weighted by Crippen LogP contribution is 2.12.